The molecule has 3 unspecified atom stereocenters. The van der Waals surface area contributed by atoms with Crippen LogP contribution in [0.3, 0.4) is 0 Å². The Balaban J connectivity index is 0.000000205. The van der Waals surface area contributed by atoms with E-state index in [0.717, 1.165) is 11.8 Å². The summed E-state index contributed by atoms with van der Waals surface area (Å²) in [6, 6.07) is 0. The normalized spacial score (nSPS) is 28.9. The number of esters is 2. The molecule has 0 spiro atoms. The van der Waals surface area contributed by atoms with Crippen LogP contribution in [-0.4, -0.2) is 30.8 Å². The van der Waals surface area contributed by atoms with Crippen molar-refractivity contribution in [2.75, 3.05) is 6.61 Å². The Labute approximate surface area is 126 Å². The highest BCUT2D eigenvalue weighted by atomic mass is 19.4. The molecule has 3 atom stereocenters. The number of fused-ring (bicyclic) bond motifs is 2. The van der Waals surface area contributed by atoms with E-state index < -0.39 is 29.8 Å². The molecule has 0 N–H and O–H groups in total. The number of hydrogen-bond donors (Lipinski definition) is 0. The van der Waals surface area contributed by atoms with Crippen molar-refractivity contribution >= 4 is 11.9 Å². The first-order chi connectivity index (χ1) is 10.3. The number of allylic oxidation sites excluding steroid dienone is 2. The van der Waals surface area contributed by atoms with Crippen molar-refractivity contribution in [3.63, 3.8) is 0 Å². The lowest BCUT2D eigenvalue weighted by molar-refractivity contribution is -0.163. The van der Waals surface area contributed by atoms with Crippen LogP contribution in [0.1, 0.15) is 25.7 Å². The molecule has 0 aromatic heterocycles. The minimum Gasteiger partial charge on any atom is -0.463 e. The Bertz CT molecular complexity index is 484. The third-order valence-corrected chi connectivity index (χ3v) is 3.89. The van der Waals surface area contributed by atoms with Crippen molar-refractivity contribution in [1.82, 2.24) is 0 Å². The van der Waals surface area contributed by atoms with Gasteiger partial charge in [0.15, 0.2) is 0 Å². The molecular weight excluding hydrogens is 301 g/mol. The molecule has 2 fully saturated rings. The smallest absolute Gasteiger partial charge is 0.422 e. The predicted octanol–water partition coefficient (Wildman–Crippen LogP) is 2.94. The summed E-state index contributed by atoms with van der Waals surface area (Å²) in [6.45, 7) is 2.58. The minimum atomic E-state index is -4.85. The molecule has 0 amide bonds. The topological polar surface area (TPSA) is 52.6 Å². The highest BCUT2D eigenvalue weighted by Crippen LogP contribution is 2.38. The van der Waals surface area contributed by atoms with Crippen LogP contribution in [0.25, 0.3) is 0 Å². The van der Waals surface area contributed by atoms with Gasteiger partial charge in [0.1, 0.15) is 5.57 Å². The average Bonchev–Trinajstić information content (AvgIpc) is 3.17. The van der Waals surface area contributed by atoms with Crippen LogP contribution in [0.15, 0.2) is 24.3 Å². The van der Waals surface area contributed by atoms with Gasteiger partial charge in [-0.05, 0) is 31.1 Å². The second kappa shape index (κ2) is 6.54. The quantitative estimate of drug-likeness (QED) is 0.446. The third-order valence-electron chi connectivity index (χ3n) is 3.89. The molecule has 4 nitrogen and oxygen atoms in total. The number of ether oxygens (including phenoxy) is 2. The molecule has 0 aromatic rings. The Morgan fingerprint density at radius 3 is 2.14 bits per heavy atom. The van der Waals surface area contributed by atoms with E-state index in [1.54, 1.807) is 0 Å². The van der Waals surface area contributed by atoms with Crippen molar-refractivity contribution in [1.29, 1.82) is 0 Å². The van der Waals surface area contributed by atoms with E-state index in [9.17, 15) is 22.8 Å². The van der Waals surface area contributed by atoms with Gasteiger partial charge in [0, 0.05) is 6.42 Å². The molecule has 1 aliphatic heterocycles. The zero-order chi connectivity index (χ0) is 16.3. The van der Waals surface area contributed by atoms with Crippen LogP contribution >= 0.6 is 0 Å². The highest BCUT2D eigenvalue weighted by molar-refractivity contribution is 5.91. The van der Waals surface area contributed by atoms with Gasteiger partial charge in [-0.2, -0.15) is 13.2 Å². The summed E-state index contributed by atoms with van der Waals surface area (Å²) in [5.41, 5.74) is -1.64. The molecule has 3 aliphatic rings. The molecule has 2 aliphatic carbocycles. The average molecular weight is 318 g/mol. The van der Waals surface area contributed by atoms with E-state index in [2.05, 4.69) is 28.2 Å². The van der Waals surface area contributed by atoms with Gasteiger partial charge in [-0.3, -0.25) is 0 Å². The van der Waals surface area contributed by atoms with Crippen molar-refractivity contribution < 1.29 is 32.2 Å². The Hall–Kier alpha value is -1.79. The number of carbonyl (C=O) groups excluding carboxylic acids is 2. The van der Waals surface area contributed by atoms with Gasteiger partial charge in [-0.25, -0.2) is 9.59 Å². The molecule has 1 saturated heterocycles. The van der Waals surface area contributed by atoms with E-state index >= 15 is 0 Å². The molecule has 1 heterocycles. The Morgan fingerprint density at radius 1 is 1.23 bits per heavy atom. The lowest BCUT2D eigenvalue weighted by atomic mass is 10.1. The Morgan fingerprint density at radius 2 is 1.82 bits per heavy atom. The van der Waals surface area contributed by atoms with Gasteiger partial charge < -0.3 is 9.47 Å². The van der Waals surface area contributed by atoms with Crippen LogP contribution in [0.4, 0.5) is 13.2 Å². The standard InChI is InChI=1S/C8H7F3O4.C7H10/c1-4(8(9,10)11)6(12)15-5-2-3-14-7(5)13;1-2-7-4-3-6(1)5-7/h5H,1-3H2;1-2,6-7H,3-5H2. The molecule has 0 radical (unpaired) electrons. The van der Waals surface area contributed by atoms with Gasteiger partial charge in [0.25, 0.3) is 0 Å². The molecule has 0 aromatic carbocycles. The molecule has 2 bridgehead atoms. The molecule has 122 valence electrons. The maximum Gasteiger partial charge on any atom is 0.422 e. The SMILES string of the molecule is C1=CC2CCC1C2.C=C(C(=O)OC1CCOC1=O)C(F)(F)F. The van der Waals surface area contributed by atoms with E-state index in [0.29, 0.717) is 0 Å². The largest absolute Gasteiger partial charge is 0.463 e. The minimum absolute atomic E-state index is 0.0370. The van der Waals surface area contributed by atoms with E-state index in [1.165, 1.54) is 19.3 Å². The second-order valence-electron chi connectivity index (χ2n) is 5.54. The summed E-state index contributed by atoms with van der Waals surface area (Å²) in [7, 11) is 0. The zero-order valence-electron chi connectivity index (χ0n) is 11.9. The summed E-state index contributed by atoms with van der Waals surface area (Å²) < 4.78 is 44.5. The predicted molar refractivity (Wildman–Crippen MR) is 70.6 cm³/mol. The van der Waals surface area contributed by atoms with Gasteiger partial charge in [0.2, 0.25) is 6.10 Å². The second-order valence-corrected chi connectivity index (χ2v) is 5.54. The van der Waals surface area contributed by atoms with Crippen LogP contribution < -0.4 is 0 Å². The first-order valence-electron chi connectivity index (χ1n) is 7.09. The fraction of sp³-hybridized carbons (Fsp3) is 0.600. The van der Waals surface area contributed by atoms with Crippen molar-refractivity contribution in [2.45, 2.75) is 38.0 Å². The summed E-state index contributed by atoms with van der Waals surface area (Å²) in [5, 5.41) is 0. The Kier molecular flexibility index (Phi) is 4.93. The number of cyclic esters (lactones) is 1. The van der Waals surface area contributed by atoms with E-state index in [-0.39, 0.29) is 13.0 Å². The van der Waals surface area contributed by atoms with Gasteiger partial charge >= 0.3 is 18.1 Å². The van der Waals surface area contributed by atoms with Crippen LogP contribution in [0.5, 0.6) is 0 Å². The molecular formula is C15H17F3O4. The van der Waals surface area contributed by atoms with E-state index in [1.807, 2.05) is 0 Å². The number of carbonyl (C=O) groups is 2. The number of alkyl halides is 3. The zero-order valence-corrected chi connectivity index (χ0v) is 11.9. The summed E-state index contributed by atoms with van der Waals surface area (Å²) >= 11 is 0. The number of hydrogen-bond acceptors (Lipinski definition) is 4. The first-order valence-corrected chi connectivity index (χ1v) is 7.09. The summed E-state index contributed by atoms with van der Waals surface area (Å²) in [6.07, 6.45) is 3.15. The number of rotatable bonds is 2. The lowest BCUT2D eigenvalue weighted by Gasteiger charge is -2.11. The van der Waals surface area contributed by atoms with Crippen molar-refractivity contribution in [3.8, 4) is 0 Å². The molecule has 1 saturated carbocycles. The first kappa shape index (κ1) is 16.6. The summed E-state index contributed by atoms with van der Waals surface area (Å²) in [4.78, 5) is 21.6. The van der Waals surface area contributed by atoms with E-state index in [4.69, 9.17) is 0 Å². The maximum absolute atomic E-state index is 12.0. The highest BCUT2D eigenvalue weighted by Gasteiger charge is 2.40. The summed E-state index contributed by atoms with van der Waals surface area (Å²) in [5.74, 6) is -0.500. The van der Waals surface area contributed by atoms with Crippen molar-refractivity contribution in [3.05, 3.63) is 24.3 Å². The van der Waals surface area contributed by atoms with Gasteiger partial charge in [-0.1, -0.05) is 18.7 Å². The van der Waals surface area contributed by atoms with Crippen molar-refractivity contribution in [2.24, 2.45) is 11.8 Å². The monoisotopic (exact) mass is 318 g/mol. The number of halogens is 3. The third kappa shape index (κ3) is 4.11. The molecule has 3 rings (SSSR count). The van der Waals surface area contributed by atoms with Crippen LogP contribution in [0, 0.1) is 11.8 Å². The molecule has 7 heteroatoms. The van der Waals surface area contributed by atoms with Crippen LogP contribution in [-0.2, 0) is 19.1 Å². The van der Waals surface area contributed by atoms with Gasteiger partial charge in [0.05, 0.1) is 6.61 Å². The fourth-order valence-corrected chi connectivity index (χ4v) is 2.62. The fourth-order valence-electron chi connectivity index (χ4n) is 2.62. The lowest BCUT2D eigenvalue weighted by Crippen LogP contribution is -2.28. The molecule has 22 heavy (non-hydrogen) atoms. The van der Waals surface area contributed by atoms with Gasteiger partial charge in [-0.15, -0.1) is 0 Å². The van der Waals surface area contributed by atoms with Crippen LogP contribution in [0.2, 0.25) is 0 Å². The maximum atomic E-state index is 12.0.